The molecule has 0 saturated carbocycles. The predicted molar refractivity (Wildman–Crippen MR) is 152 cm³/mol. The van der Waals surface area contributed by atoms with Gasteiger partial charge in [-0.1, -0.05) is 24.3 Å². The number of hydrogen-bond donors (Lipinski definition) is 1. The van der Waals surface area contributed by atoms with Crippen molar-refractivity contribution in [1.82, 2.24) is 9.47 Å². The number of rotatable bonds is 7. The molecule has 3 aromatic carbocycles. The van der Waals surface area contributed by atoms with E-state index in [1.807, 2.05) is 61.0 Å². The number of halogens is 1. The number of carbonyl (C=O) groups excluding carboxylic acids is 2. The highest BCUT2D eigenvalue weighted by molar-refractivity contribution is 6.01. The summed E-state index contributed by atoms with van der Waals surface area (Å²) in [5, 5.41) is 2.87. The van der Waals surface area contributed by atoms with E-state index in [4.69, 9.17) is 9.47 Å². The Labute approximate surface area is 232 Å². The molecule has 1 atom stereocenters. The van der Waals surface area contributed by atoms with Crippen LogP contribution in [0.4, 0.5) is 20.6 Å². The number of nitrogens with one attached hydrogen (secondary N) is 1. The van der Waals surface area contributed by atoms with Crippen LogP contribution < -0.4 is 19.7 Å². The van der Waals surface area contributed by atoms with Gasteiger partial charge in [-0.25, -0.2) is 9.18 Å². The molecular formula is C31H31FN4O4. The number of urea groups is 1. The van der Waals surface area contributed by atoms with E-state index in [1.165, 1.54) is 31.3 Å². The number of nitrogens with zero attached hydrogens (tertiary/aromatic N) is 3. The smallest absolute Gasteiger partial charge is 0.322 e. The van der Waals surface area contributed by atoms with Crippen LogP contribution in [0.3, 0.4) is 0 Å². The molecule has 1 N–H and O–H groups in total. The number of para-hydroxylation sites is 2. The van der Waals surface area contributed by atoms with Gasteiger partial charge in [-0.2, -0.15) is 0 Å². The van der Waals surface area contributed by atoms with Crippen LogP contribution in [-0.4, -0.2) is 48.2 Å². The Morgan fingerprint density at radius 1 is 0.925 bits per heavy atom. The molecule has 8 nitrogen and oxygen atoms in total. The molecule has 3 amide bonds. The number of hydrogen-bond acceptors (Lipinski definition) is 4. The molecule has 1 aromatic heterocycles. The van der Waals surface area contributed by atoms with E-state index in [0.717, 1.165) is 16.9 Å². The Hall–Kier alpha value is -4.79. The molecular weight excluding hydrogens is 511 g/mol. The Bertz CT molecular complexity index is 1510. The molecule has 0 saturated heterocycles. The van der Waals surface area contributed by atoms with E-state index in [1.54, 1.807) is 35.2 Å². The Morgan fingerprint density at radius 2 is 1.57 bits per heavy atom. The SMILES string of the molecule is COc1cc(NC(=O)N(CC(=O)N2c3ccccc3-n3cccc3C2c2ccc(F)cc2)C(C)C)cc(OC)c1. The predicted octanol–water partition coefficient (Wildman–Crippen LogP) is 6.01. The summed E-state index contributed by atoms with van der Waals surface area (Å²) in [6.07, 6.45) is 1.95. The summed E-state index contributed by atoms with van der Waals surface area (Å²) in [6.45, 7) is 3.52. The first kappa shape index (κ1) is 26.8. The average Bonchev–Trinajstić information content (AvgIpc) is 3.45. The molecule has 1 unspecified atom stereocenters. The second-order valence-electron chi connectivity index (χ2n) is 9.76. The second-order valence-corrected chi connectivity index (χ2v) is 9.76. The monoisotopic (exact) mass is 542 g/mol. The van der Waals surface area contributed by atoms with E-state index in [0.29, 0.717) is 22.9 Å². The zero-order valence-corrected chi connectivity index (χ0v) is 22.8. The van der Waals surface area contributed by atoms with Crippen molar-refractivity contribution in [1.29, 1.82) is 0 Å². The van der Waals surface area contributed by atoms with Gasteiger partial charge >= 0.3 is 6.03 Å². The van der Waals surface area contributed by atoms with Crippen LogP contribution in [0.25, 0.3) is 5.69 Å². The molecule has 0 bridgehead atoms. The van der Waals surface area contributed by atoms with Crippen molar-refractivity contribution in [3.63, 3.8) is 0 Å². The highest BCUT2D eigenvalue weighted by Gasteiger charge is 2.37. The van der Waals surface area contributed by atoms with Crippen molar-refractivity contribution in [2.24, 2.45) is 0 Å². The molecule has 0 radical (unpaired) electrons. The van der Waals surface area contributed by atoms with Gasteiger partial charge in [0.2, 0.25) is 5.91 Å². The number of fused-ring (bicyclic) bond motifs is 3. The van der Waals surface area contributed by atoms with E-state index in [9.17, 15) is 14.0 Å². The van der Waals surface area contributed by atoms with Crippen LogP contribution in [0.1, 0.15) is 31.1 Å². The van der Waals surface area contributed by atoms with Gasteiger partial charge in [0, 0.05) is 36.1 Å². The van der Waals surface area contributed by atoms with Crippen molar-refractivity contribution in [3.05, 3.63) is 102 Å². The maximum absolute atomic E-state index is 14.2. The Morgan fingerprint density at radius 3 is 2.20 bits per heavy atom. The number of carbonyl (C=O) groups is 2. The molecule has 0 spiro atoms. The minimum absolute atomic E-state index is 0.183. The van der Waals surface area contributed by atoms with Crippen LogP contribution in [0.5, 0.6) is 11.5 Å². The number of benzene rings is 3. The Kier molecular flexibility index (Phi) is 7.46. The zero-order chi connectivity index (χ0) is 28.4. The highest BCUT2D eigenvalue weighted by Crippen LogP contribution is 2.42. The summed E-state index contributed by atoms with van der Waals surface area (Å²) < 4.78 is 26.5. The molecule has 1 aliphatic rings. The lowest BCUT2D eigenvalue weighted by molar-refractivity contribution is -0.119. The fraction of sp³-hybridized carbons (Fsp3) is 0.226. The van der Waals surface area contributed by atoms with Gasteiger partial charge in [-0.3, -0.25) is 9.69 Å². The number of anilines is 2. The summed E-state index contributed by atoms with van der Waals surface area (Å²) in [7, 11) is 3.06. The summed E-state index contributed by atoms with van der Waals surface area (Å²) >= 11 is 0. The maximum Gasteiger partial charge on any atom is 0.322 e. The van der Waals surface area contributed by atoms with Crippen LogP contribution in [0, 0.1) is 5.82 Å². The topological polar surface area (TPSA) is 76.0 Å². The molecule has 0 aliphatic carbocycles. The average molecular weight is 543 g/mol. The lowest BCUT2D eigenvalue weighted by atomic mass is 9.97. The second kappa shape index (κ2) is 11.1. The van der Waals surface area contributed by atoms with Gasteiger partial charge in [0.25, 0.3) is 0 Å². The number of methoxy groups -OCH3 is 2. The minimum atomic E-state index is -0.516. The maximum atomic E-state index is 14.2. The first-order chi connectivity index (χ1) is 19.3. The lowest BCUT2D eigenvalue weighted by Gasteiger charge is -2.40. The van der Waals surface area contributed by atoms with Crippen LogP contribution >= 0.6 is 0 Å². The van der Waals surface area contributed by atoms with Gasteiger partial charge in [0.1, 0.15) is 29.9 Å². The molecule has 4 aromatic rings. The minimum Gasteiger partial charge on any atom is -0.497 e. The molecule has 5 rings (SSSR count). The first-order valence-corrected chi connectivity index (χ1v) is 13.0. The van der Waals surface area contributed by atoms with Gasteiger partial charge in [0.05, 0.1) is 31.3 Å². The number of aromatic nitrogens is 1. The van der Waals surface area contributed by atoms with Crippen LogP contribution in [0.2, 0.25) is 0 Å². The third kappa shape index (κ3) is 5.10. The van der Waals surface area contributed by atoms with Gasteiger partial charge in [-0.05, 0) is 55.8 Å². The van der Waals surface area contributed by atoms with E-state index >= 15 is 0 Å². The fourth-order valence-electron chi connectivity index (χ4n) is 5.01. The summed E-state index contributed by atoms with van der Waals surface area (Å²) in [5.74, 6) is 0.417. The van der Waals surface area contributed by atoms with Gasteiger partial charge in [0.15, 0.2) is 0 Å². The summed E-state index contributed by atoms with van der Waals surface area (Å²) in [6, 6.07) is 21.5. The highest BCUT2D eigenvalue weighted by atomic mass is 19.1. The van der Waals surface area contributed by atoms with E-state index in [-0.39, 0.29) is 24.3 Å². The third-order valence-corrected chi connectivity index (χ3v) is 6.97. The normalized spacial score (nSPS) is 13.8. The van der Waals surface area contributed by atoms with E-state index in [2.05, 4.69) is 5.32 Å². The molecule has 9 heteroatoms. The standard InChI is InChI=1S/C31H31FN4O4/c1-20(2)35(31(38)33-23-16-24(39-3)18-25(17-23)40-4)19-29(37)36-27-9-6-5-8-26(27)34-15-7-10-28(34)30(36)21-11-13-22(32)14-12-21/h5-18,20,30H,19H2,1-4H3,(H,33,38). The van der Waals surface area contributed by atoms with Gasteiger partial charge in [-0.15, -0.1) is 0 Å². The van der Waals surface area contributed by atoms with Crippen LogP contribution in [-0.2, 0) is 4.79 Å². The van der Waals surface area contributed by atoms with Crippen molar-refractivity contribution >= 4 is 23.3 Å². The third-order valence-electron chi connectivity index (χ3n) is 6.97. The quantitative estimate of drug-likeness (QED) is 0.310. The van der Waals surface area contributed by atoms with Crippen molar-refractivity contribution in [3.8, 4) is 17.2 Å². The summed E-state index contributed by atoms with van der Waals surface area (Å²) in [4.78, 5) is 30.9. The zero-order valence-electron chi connectivity index (χ0n) is 22.8. The molecule has 206 valence electrons. The first-order valence-electron chi connectivity index (χ1n) is 13.0. The van der Waals surface area contributed by atoms with Gasteiger partial charge < -0.3 is 24.3 Å². The number of ether oxygens (including phenoxy) is 2. The van der Waals surface area contributed by atoms with Crippen molar-refractivity contribution in [2.75, 3.05) is 31.0 Å². The molecule has 1 aliphatic heterocycles. The molecule has 0 fully saturated rings. The van der Waals surface area contributed by atoms with Crippen molar-refractivity contribution in [2.45, 2.75) is 25.9 Å². The number of amides is 3. The van der Waals surface area contributed by atoms with Crippen molar-refractivity contribution < 1.29 is 23.5 Å². The van der Waals surface area contributed by atoms with E-state index < -0.39 is 12.1 Å². The largest absolute Gasteiger partial charge is 0.497 e. The molecule has 40 heavy (non-hydrogen) atoms. The van der Waals surface area contributed by atoms with Crippen LogP contribution in [0.15, 0.2) is 85.1 Å². The summed E-state index contributed by atoms with van der Waals surface area (Å²) in [5.41, 5.74) is 3.64. The Balaban J connectivity index is 1.49. The fourth-order valence-corrected chi connectivity index (χ4v) is 5.01. The molecule has 2 heterocycles. The lowest BCUT2D eigenvalue weighted by Crippen LogP contribution is -2.49.